The molecule has 2 unspecified atom stereocenters. The van der Waals surface area contributed by atoms with E-state index in [2.05, 4.69) is 10.3 Å². The zero-order valence-electron chi connectivity index (χ0n) is 17.9. The summed E-state index contributed by atoms with van der Waals surface area (Å²) in [5.41, 5.74) is 3.97. The number of amides is 1. The van der Waals surface area contributed by atoms with Crippen molar-refractivity contribution in [1.82, 2.24) is 10.3 Å². The lowest BCUT2D eigenvalue weighted by Gasteiger charge is -2.21. The van der Waals surface area contributed by atoms with E-state index in [0.717, 1.165) is 22.4 Å². The lowest BCUT2D eigenvalue weighted by Crippen LogP contribution is -2.37. The maximum absolute atomic E-state index is 12.4. The number of ether oxygens (including phenoxy) is 1. The van der Waals surface area contributed by atoms with Gasteiger partial charge in [-0.2, -0.15) is 0 Å². The van der Waals surface area contributed by atoms with Crippen molar-refractivity contribution in [2.24, 2.45) is 0 Å². The lowest BCUT2D eigenvalue weighted by atomic mass is 9.97. The van der Waals surface area contributed by atoms with E-state index in [0.29, 0.717) is 25.7 Å². The van der Waals surface area contributed by atoms with Crippen LogP contribution in [0.15, 0.2) is 79.0 Å². The van der Waals surface area contributed by atoms with Crippen LogP contribution in [-0.2, 0) is 24.2 Å². The van der Waals surface area contributed by atoms with E-state index in [1.807, 2.05) is 79.7 Å². The van der Waals surface area contributed by atoms with Gasteiger partial charge in [0, 0.05) is 23.5 Å². The number of nitrogens with zero attached hydrogens (tertiary/aromatic N) is 1. The second kappa shape index (κ2) is 11.9. The van der Waals surface area contributed by atoms with Crippen LogP contribution in [0.4, 0.5) is 4.79 Å². The zero-order valence-corrected chi connectivity index (χ0v) is 17.9. The van der Waals surface area contributed by atoms with E-state index in [-0.39, 0.29) is 12.6 Å². The van der Waals surface area contributed by atoms with E-state index < -0.39 is 12.2 Å². The number of rotatable bonds is 10. The van der Waals surface area contributed by atoms with Crippen LogP contribution in [0, 0.1) is 6.92 Å². The van der Waals surface area contributed by atoms with Gasteiger partial charge in [0.05, 0.1) is 6.10 Å². The van der Waals surface area contributed by atoms with Crippen molar-refractivity contribution < 1.29 is 14.6 Å². The molecule has 2 atom stereocenters. The normalized spacial score (nSPS) is 12.7. The van der Waals surface area contributed by atoms with E-state index in [1.165, 1.54) is 0 Å². The van der Waals surface area contributed by atoms with Gasteiger partial charge in [0.2, 0.25) is 0 Å². The van der Waals surface area contributed by atoms with Crippen molar-refractivity contribution in [3.63, 3.8) is 0 Å². The number of aliphatic hydroxyl groups is 1. The molecule has 0 fully saturated rings. The number of nitrogens with one attached hydrogen (secondary N) is 1. The van der Waals surface area contributed by atoms with Crippen LogP contribution in [0.25, 0.3) is 0 Å². The molecule has 0 radical (unpaired) electrons. The Morgan fingerprint density at radius 2 is 1.58 bits per heavy atom. The number of pyridine rings is 1. The highest BCUT2D eigenvalue weighted by Crippen LogP contribution is 2.13. The maximum Gasteiger partial charge on any atom is 0.407 e. The number of carbonyl (C=O) groups is 1. The maximum atomic E-state index is 12.4. The molecule has 31 heavy (non-hydrogen) atoms. The number of aromatic nitrogens is 1. The average Bonchev–Trinajstić information content (AvgIpc) is 2.78. The second-order valence-electron chi connectivity index (χ2n) is 7.78. The van der Waals surface area contributed by atoms with Crippen molar-refractivity contribution in [3.05, 3.63) is 101 Å². The molecule has 3 rings (SSSR count). The molecule has 1 heterocycles. The molecular formula is C26H30N2O3. The second-order valence-corrected chi connectivity index (χ2v) is 7.78. The van der Waals surface area contributed by atoms with Gasteiger partial charge in [-0.3, -0.25) is 4.98 Å². The van der Waals surface area contributed by atoms with Gasteiger partial charge in [0.15, 0.2) is 0 Å². The molecule has 2 aromatic carbocycles. The molecule has 0 saturated heterocycles. The van der Waals surface area contributed by atoms with Crippen LogP contribution >= 0.6 is 0 Å². The Hall–Kier alpha value is -3.18. The van der Waals surface area contributed by atoms with Crippen molar-refractivity contribution in [3.8, 4) is 0 Å². The molecule has 5 heteroatoms. The Morgan fingerprint density at radius 1 is 0.935 bits per heavy atom. The highest BCUT2D eigenvalue weighted by atomic mass is 16.5. The third kappa shape index (κ3) is 7.87. The molecule has 1 amide bonds. The van der Waals surface area contributed by atoms with E-state index in [1.54, 1.807) is 6.20 Å². The predicted molar refractivity (Wildman–Crippen MR) is 122 cm³/mol. The zero-order chi connectivity index (χ0) is 21.9. The van der Waals surface area contributed by atoms with Crippen molar-refractivity contribution in [2.75, 3.05) is 0 Å². The number of hydrogen-bond acceptors (Lipinski definition) is 4. The summed E-state index contributed by atoms with van der Waals surface area (Å²) in [6.45, 7) is 2.07. The minimum absolute atomic E-state index is 0.129. The summed E-state index contributed by atoms with van der Waals surface area (Å²) >= 11 is 0. The Bertz CT molecular complexity index is 932. The standard InChI is InChI=1S/C26H30N2O3/c1-20-23(13-8-16-27-20)19-31-26(30)28-24(17-21-9-4-2-5-10-21)14-15-25(29)18-22-11-6-3-7-12-22/h2-13,16,24-25,29H,14-15,17-19H2,1H3,(H,28,30). The fourth-order valence-corrected chi connectivity index (χ4v) is 3.53. The summed E-state index contributed by atoms with van der Waals surface area (Å²) in [5.74, 6) is 0. The molecule has 0 aliphatic rings. The van der Waals surface area contributed by atoms with Gasteiger partial charge in [0.25, 0.3) is 0 Å². The fourth-order valence-electron chi connectivity index (χ4n) is 3.53. The molecular weight excluding hydrogens is 388 g/mol. The minimum Gasteiger partial charge on any atom is -0.445 e. The first-order valence-corrected chi connectivity index (χ1v) is 10.7. The first-order chi connectivity index (χ1) is 15.1. The highest BCUT2D eigenvalue weighted by molar-refractivity contribution is 5.67. The van der Waals surface area contributed by atoms with Gasteiger partial charge >= 0.3 is 6.09 Å². The summed E-state index contributed by atoms with van der Waals surface area (Å²) in [6, 6.07) is 23.6. The van der Waals surface area contributed by atoms with E-state index >= 15 is 0 Å². The topological polar surface area (TPSA) is 71.5 Å². The Labute approximate surface area is 184 Å². The summed E-state index contributed by atoms with van der Waals surface area (Å²) in [5, 5.41) is 13.5. The first kappa shape index (κ1) is 22.5. The van der Waals surface area contributed by atoms with Crippen LogP contribution < -0.4 is 5.32 Å². The first-order valence-electron chi connectivity index (χ1n) is 10.7. The van der Waals surface area contributed by atoms with Crippen LogP contribution in [0.5, 0.6) is 0 Å². The average molecular weight is 419 g/mol. The van der Waals surface area contributed by atoms with Gasteiger partial charge in [-0.15, -0.1) is 0 Å². The van der Waals surface area contributed by atoms with Gasteiger partial charge in [-0.1, -0.05) is 66.7 Å². The van der Waals surface area contributed by atoms with Crippen LogP contribution in [0.2, 0.25) is 0 Å². The Morgan fingerprint density at radius 3 is 2.23 bits per heavy atom. The SMILES string of the molecule is Cc1ncccc1COC(=O)NC(CCC(O)Cc1ccccc1)Cc1ccccc1. The third-order valence-electron chi connectivity index (χ3n) is 5.28. The highest BCUT2D eigenvalue weighted by Gasteiger charge is 2.17. The molecule has 2 N–H and O–H groups in total. The summed E-state index contributed by atoms with van der Waals surface area (Å²) < 4.78 is 5.43. The van der Waals surface area contributed by atoms with Gasteiger partial charge < -0.3 is 15.2 Å². The quantitative estimate of drug-likeness (QED) is 0.504. The number of carbonyl (C=O) groups excluding carboxylic acids is 1. The molecule has 5 nitrogen and oxygen atoms in total. The molecule has 162 valence electrons. The Kier molecular flexibility index (Phi) is 8.61. The predicted octanol–water partition coefficient (Wildman–Crippen LogP) is 4.61. The summed E-state index contributed by atoms with van der Waals surface area (Å²) in [6.07, 6.45) is 3.33. The molecule has 0 aliphatic carbocycles. The monoisotopic (exact) mass is 418 g/mol. The summed E-state index contributed by atoms with van der Waals surface area (Å²) in [4.78, 5) is 16.7. The van der Waals surface area contributed by atoms with Crippen molar-refractivity contribution >= 4 is 6.09 Å². The van der Waals surface area contributed by atoms with Gasteiger partial charge in [-0.25, -0.2) is 4.79 Å². The number of hydrogen-bond donors (Lipinski definition) is 2. The van der Waals surface area contributed by atoms with Crippen molar-refractivity contribution in [2.45, 2.75) is 51.4 Å². The third-order valence-corrected chi connectivity index (χ3v) is 5.28. The molecule has 0 aliphatic heterocycles. The van der Waals surface area contributed by atoms with Crippen LogP contribution in [0.3, 0.4) is 0 Å². The van der Waals surface area contributed by atoms with E-state index in [4.69, 9.17) is 4.74 Å². The smallest absolute Gasteiger partial charge is 0.407 e. The van der Waals surface area contributed by atoms with Crippen LogP contribution in [-0.4, -0.2) is 28.3 Å². The molecule has 0 saturated carbocycles. The molecule has 1 aromatic heterocycles. The number of aryl methyl sites for hydroxylation is 1. The summed E-state index contributed by atoms with van der Waals surface area (Å²) in [7, 11) is 0. The Balaban J connectivity index is 1.55. The van der Waals surface area contributed by atoms with Crippen molar-refractivity contribution in [1.29, 1.82) is 0 Å². The lowest BCUT2D eigenvalue weighted by molar-refractivity contribution is 0.129. The number of aliphatic hydroxyl groups excluding tert-OH is 1. The van der Waals surface area contributed by atoms with Gasteiger partial charge in [0.1, 0.15) is 6.61 Å². The number of benzene rings is 2. The van der Waals surface area contributed by atoms with E-state index in [9.17, 15) is 9.90 Å². The number of alkyl carbamates (subject to hydrolysis) is 1. The molecule has 0 spiro atoms. The van der Waals surface area contributed by atoms with Gasteiger partial charge in [-0.05, 0) is 49.8 Å². The fraction of sp³-hybridized carbons (Fsp3) is 0.308. The minimum atomic E-state index is -0.462. The van der Waals surface area contributed by atoms with Crippen LogP contribution in [0.1, 0.15) is 35.2 Å². The molecule has 3 aromatic rings. The largest absolute Gasteiger partial charge is 0.445 e. The molecule has 0 bridgehead atoms.